The van der Waals surface area contributed by atoms with Crippen LogP contribution in [-0.4, -0.2) is 12.5 Å². The van der Waals surface area contributed by atoms with Crippen LogP contribution in [0.25, 0.3) is 0 Å². The molecule has 0 aliphatic rings. The van der Waals surface area contributed by atoms with Crippen LogP contribution < -0.4 is 5.32 Å². The van der Waals surface area contributed by atoms with E-state index < -0.39 is 0 Å². The number of halogens is 2. The summed E-state index contributed by atoms with van der Waals surface area (Å²) in [5.41, 5.74) is 0.775. The van der Waals surface area contributed by atoms with Crippen molar-refractivity contribution in [2.45, 2.75) is 19.8 Å². The topological polar surface area (TPSA) is 29.1 Å². The third kappa shape index (κ3) is 5.01. The molecule has 0 fully saturated rings. The highest BCUT2D eigenvalue weighted by molar-refractivity contribution is 9.10. The second-order valence-electron chi connectivity index (χ2n) is 3.45. The van der Waals surface area contributed by atoms with E-state index in [-0.39, 0.29) is 18.1 Å². The lowest BCUT2D eigenvalue weighted by molar-refractivity contribution is -0.120. The summed E-state index contributed by atoms with van der Waals surface area (Å²) in [7, 11) is 0. The van der Waals surface area contributed by atoms with E-state index in [9.17, 15) is 9.18 Å². The fourth-order valence-corrected chi connectivity index (χ4v) is 1.71. The molecule has 1 amide bonds. The molecular formula is C13H13BrFNO. The van der Waals surface area contributed by atoms with E-state index in [4.69, 9.17) is 0 Å². The quantitative estimate of drug-likeness (QED) is 0.672. The maximum absolute atomic E-state index is 13.0. The largest absolute Gasteiger partial charge is 0.355 e. The normalized spacial score (nSPS) is 9.35. The molecular weight excluding hydrogens is 285 g/mol. The van der Waals surface area contributed by atoms with Gasteiger partial charge in [-0.15, -0.1) is 11.8 Å². The van der Waals surface area contributed by atoms with E-state index >= 15 is 0 Å². The van der Waals surface area contributed by atoms with Crippen molar-refractivity contribution in [3.05, 3.63) is 34.1 Å². The maximum atomic E-state index is 13.0. The van der Waals surface area contributed by atoms with Crippen LogP contribution >= 0.6 is 15.9 Å². The van der Waals surface area contributed by atoms with Gasteiger partial charge in [-0.25, -0.2) is 4.39 Å². The molecule has 0 aliphatic carbocycles. The van der Waals surface area contributed by atoms with Crippen molar-refractivity contribution in [3.8, 4) is 11.8 Å². The Labute approximate surface area is 109 Å². The van der Waals surface area contributed by atoms with Crippen LogP contribution in [0.15, 0.2) is 22.7 Å². The highest BCUT2D eigenvalue weighted by Gasteiger charge is 2.05. The molecule has 0 aromatic heterocycles. The predicted octanol–water partition coefficient (Wildman–Crippen LogP) is 2.66. The van der Waals surface area contributed by atoms with Crippen molar-refractivity contribution in [2.75, 3.05) is 6.54 Å². The number of hydrogen-bond acceptors (Lipinski definition) is 1. The maximum Gasteiger partial charge on any atom is 0.224 e. The van der Waals surface area contributed by atoms with E-state index in [0.29, 0.717) is 17.4 Å². The lowest BCUT2D eigenvalue weighted by Crippen LogP contribution is -2.25. The summed E-state index contributed by atoms with van der Waals surface area (Å²) in [6.07, 6.45) is 0.897. The van der Waals surface area contributed by atoms with Gasteiger partial charge in [0.15, 0.2) is 0 Å². The number of carbonyl (C=O) groups is 1. The zero-order valence-electron chi connectivity index (χ0n) is 9.52. The number of amides is 1. The van der Waals surface area contributed by atoms with Gasteiger partial charge in [-0.2, -0.15) is 0 Å². The van der Waals surface area contributed by atoms with Crippen LogP contribution in [0.1, 0.15) is 18.9 Å². The van der Waals surface area contributed by atoms with Crippen LogP contribution in [0, 0.1) is 17.7 Å². The van der Waals surface area contributed by atoms with Gasteiger partial charge in [0.25, 0.3) is 0 Å². The van der Waals surface area contributed by atoms with Gasteiger partial charge in [-0.1, -0.05) is 6.07 Å². The first-order valence-corrected chi connectivity index (χ1v) is 6.03. The molecule has 4 heteroatoms. The summed E-state index contributed by atoms with van der Waals surface area (Å²) in [4.78, 5) is 11.5. The van der Waals surface area contributed by atoms with Gasteiger partial charge in [0.1, 0.15) is 5.82 Å². The van der Waals surface area contributed by atoms with Crippen molar-refractivity contribution >= 4 is 21.8 Å². The Morgan fingerprint density at radius 2 is 2.29 bits per heavy atom. The molecule has 1 rings (SSSR count). The minimum Gasteiger partial charge on any atom is -0.355 e. The van der Waals surface area contributed by atoms with Gasteiger partial charge < -0.3 is 5.32 Å². The van der Waals surface area contributed by atoms with Crippen LogP contribution in [0.4, 0.5) is 4.39 Å². The second kappa shape index (κ2) is 7.08. The van der Waals surface area contributed by atoms with Crippen LogP contribution in [0.2, 0.25) is 0 Å². The fraction of sp³-hybridized carbons (Fsp3) is 0.308. The zero-order chi connectivity index (χ0) is 12.7. The van der Waals surface area contributed by atoms with Gasteiger partial charge in [-0.3, -0.25) is 4.79 Å². The van der Waals surface area contributed by atoms with Gasteiger partial charge in [0, 0.05) is 13.0 Å². The Morgan fingerprint density at radius 3 is 2.94 bits per heavy atom. The molecule has 0 atom stereocenters. The van der Waals surface area contributed by atoms with E-state index in [1.807, 2.05) is 0 Å². The average molecular weight is 298 g/mol. The Bertz CT molecular complexity index is 462. The number of carbonyl (C=O) groups excluding carboxylic acids is 1. The Morgan fingerprint density at radius 1 is 1.53 bits per heavy atom. The summed E-state index contributed by atoms with van der Waals surface area (Å²) in [5.74, 6) is 5.21. The van der Waals surface area contributed by atoms with Gasteiger partial charge in [0.05, 0.1) is 10.9 Å². The summed E-state index contributed by atoms with van der Waals surface area (Å²) < 4.78 is 13.3. The molecule has 0 saturated heterocycles. The van der Waals surface area contributed by atoms with Crippen molar-refractivity contribution in [1.29, 1.82) is 0 Å². The number of rotatable bonds is 4. The van der Waals surface area contributed by atoms with E-state index in [0.717, 1.165) is 5.56 Å². The zero-order valence-corrected chi connectivity index (χ0v) is 11.1. The Hall–Kier alpha value is -1.34. The molecule has 0 heterocycles. The molecule has 0 bridgehead atoms. The van der Waals surface area contributed by atoms with E-state index in [1.165, 1.54) is 6.07 Å². The first-order valence-electron chi connectivity index (χ1n) is 5.23. The number of hydrogen-bond donors (Lipinski definition) is 1. The first kappa shape index (κ1) is 13.7. The summed E-state index contributed by atoms with van der Waals surface area (Å²) in [6.45, 7) is 2.31. The minimum absolute atomic E-state index is 0.0820. The van der Waals surface area contributed by atoms with Gasteiger partial charge >= 0.3 is 0 Å². The summed E-state index contributed by atoms with van der Waals surface area (Å²) in [6, 6.07) is 4.56. The highest BCUT2D eigenvalue weighted by Crippen LogP contribution is 2.16. The third-order valence-electron chi connectivity index (χ3n) is 2.10. The van der Waals surface area contributed by atoms with Gasteiger partial charge in [-0.05, 0) is 40.5 Å². The second-order valence-corrected chi connectivity index (χ2v) is 4.31. The molecule has 0 aliphatic heterocycles. The number of nitrogens with one attached hydrogen (secondary N) is 1. The predicted molar refractivity (Wildman–Crippen MR) is 68.9 cm³/mol. The van der Waals surface area contributed by atoms with E-state index in [1.54, 1.807) is 19.1 Å². The molecule has 0 unspecified atom stereocenters. The Balaban J connectivity index is 2.44. The van der Waals surface area contributed by atoms with Crippen LogP contribution in [0.3, 0.4) is 0 Å². The summed E-state index contributed by atoms with van der Waals surface area (Å²) >= 11 is 3.08. The van der Waals surface area contributed by atoms with Crippen LogP contribution in [0.5, 0.6) is 0 Å². The van der Waals surface area contributed by atoms with Crippen molar-refractivity contribution in [1.82, 2.24) is 5.32 Å². The fourth-order valence-electron chi connectivity index (χ4n) is 1.29. The summed E-state index contributed by atoms with van der Waals surface area (Å²) in [5, 5.41) is 2.75. The Kier molecular flexibility index (Phi) is 5.71. The number of benzene rings is 1. The SMILES string of the molecule is CC#CCCNC(=O)Cc1ccc(F)c(Br)c1. The average Bonchev–Trinajstić information content (AvgIpc) is 2.30. The molecule has 1 aromatic carbocycles. The molecule has 2 nitrogen and oxygen atoms in total. The highest BCUT2D eigenvalue weighted by atomic mass is 79.9. The molecule has 90 valence electrons. The lowest BCUT2D eigenvalue weighted by Gasteiger charge is -2.04. The molecule has 0 spiro atoms. The van der Waals surface area contributed by atoms with Crippen LogP contribution in [-0.2, 0) is 11.2 Å². The molecule has 0 saturated carbocycles. The molecule has 1 N–H and O–H groups in total. The standard InChI is InChI=1S/C13H13BrFNO/c1-2-3-4-7-16-13(17)9-10-5-6-12(15)11(14)8-10/h5-6,8H,4,7,9H2,1H3,(H,16,17). The third-order valence-corrected chi connectivity index (χ3v) is 2.71. The molecule has 17 heavy (non-hydrogen) atoms. The molecule has 1 aromatic rings. The van der Waals surface area contributed by atoms with E-state index in [2.05, 4.69) is 33.1 Å². The first-order chi connectivity index (χ1) is 8.13. The van der Waals surface area contributed by atoms with Crippen molar-refractivity contribution < 1.29 is 9.18 Å². The monoisotopic (exact) mass is 297 g/mol. The van der Waals surface area contributed by atoms with Crippen molar-refractivity contribution in [2.24, 2.45) is 0 Å². The van der Waals surface area contributed by atoms with Crippen molar-refractivity contribution in [3.63, 3.8) is 0 Å². The van der Waals surface area contributed by atoms with Gasteiger partial charge in [0.2, 0.25) is 5.91 Å². The smallest absolute Gasteiger partial charge is 0.224 e. The minimum atomic E-state index is -0.327. The lowest BCUT2D eigenvalue weighted by atomic mass is 10.1. The molecule has 0 radical (unpaired) electrons.